The second-order valence-electron chi connectivity index (χ2n) is 4.29. The molecule has 0 saturated heterocycles. The lowest BCUT2D eigenvalue weighted by Crippen LogP contribution is -2.06. The molecule has 0 aliphatic carbocycles. The Balaban J connectivity index is 2.24. The zero-order valence-corrected chi connectivity index (χ0v) is 11.5. The summed E-state index contributed by atoms with van der Waals surface area (Å²) >= 11 is 1.87. The quantitative estimate of drug-likeness (QED) is 0.900. The van der Waals surface area contributed by atoms with Crippen LogP contribution in [0.2, 0.25) is 0 Å². The molecule has 2 heterocycles. The van der Waals surface area contributed by atoms with Gasteiger partial charge in [0.1, 0.15) is 5.82 Å². The van der Waals surface area contributed by atoms with Crippen molar-refractivity contribution in [3.8, 4) is 11.3 Å². The highest BCUT2D eigenvalue weighted by Gasteiger charge is 2.11. The second kappa shape index (κ2) is 5.91. The Morgan fingerprint density at radius 1 is 1.39 bits per heavy atom. The summed E-state index contributed by atoms with van der Waals surface area (Å²) in [5, 5.41) is 0. The third kappa shape index (κ3) is 2.85. The zero-order valence-electron chi connectivity index (χ0n) is 10.7. The van der Waals surface area contributed by atoms with Gasteiger partial charge >= 0.3 is 0 Å². The number of nitrogen functional groups attached to an aromatic ring is 1. The van der Waals surface area contributed by atoms with Crippen molar-refractivity contribution in [2.45, 2.75) is 19.4 Å². The lowest BCUT2D eigenvalue weighted by molar-refractivity contribution is 0.539. The average Bonchev–Trinajstić information content (AvgIpc) is 2.86. The van der Waals surface area contributed by atoms with Gasteiger partial charge in [0.15, 0.2) is 0 Å². The molecule has 0 bridgehead atoms. The van der Waals surface area contributed by atoms with Crippen molar-refractivity contribution >= 4 is 17.6 Å². The van der Waals surface area contributed by atoms with Crippen molar-refractivity contribution in [2.75, 3.05) is 17.7 Å². The van der Waals surface area contributed by atoms with Crippen molar-refractivity contribution in [1.82, 2.24) is 14.5 Å². The van der Waals surface area contributed by atoms with Crippen LogP contribution < -0.4 is 5.73 Å². The Kier molecular flexibility index (Phi) is 4.25. The van der Waals surface area contributed by atoms with Crippen LogP contribution in [-0.4, -0.2) is 26.5 Å². The molecule has 1 atom stereocenters. The summed E-state index contributed by atoms with van der Waals surface area (Å²) < 4.78 is 2.20. The van der Waals surface area contributed by atoms with E-state index in [4.69, 9.17) is 5.73 Å². The summed E-state index contributed by atoms with van der Waals surface area (Å²) in [6, 6.07) is 4.24. The molecule has 0 fully saturated rings. The second-order valence-corrected chi connectivity index (χ2v) is 5.27. The van der Waals surface area contributed by atoms with Gasteiger partial charge in [-0.2, -0.15) is 11.8 Å². The Morgan fingerprint density at radius 3 is 2.89 bits per heavy atom. The number of aromatic nitrogens is 3. The van der Waals surface area contributed by atoms with Gasteiger partial charge in [-0.15, -0.1) is 0 Å². The molecule has 0 aliphatic rings. The van der Waals surface area contributed by atoms with Crippen LogP contribution >= 0.6 is 11.8 Å². The van der Waals surface area contributed by atoms with Gasteiger partial charge < -0.3 is 10.3 Å². The summed E-state index contributed by atoms with van der Waals surface area (Å²) in [5.41, 5.74) is 7.75. The van der Waals surface area contributed by atoms with E-state index in [1.807, 2.05) is 36.4 Å². The summed E-state index contributed by atoms with van der Waals surface area (Å²) in [6.07, 6.45) is 8.82. The minimum absolute atomic E-state index is 0.438. The molecule has 1 unspecified atom stereocenters. The van der Waals surface area contributed by atoms with Crippen LogP contribution in [0.15, 0.2) is 30.9 Å². The topological polar surface area (TPSA) is 56.7 Å². The van der Waals surface area contributed by atoms with Gasteiger partial charge in [-0.25, -0.2) is 9.97 Å². The maximum absolute atomic E-state index is 5.61. The number of rotatable bonds is 5. The molecule has 2 rings (SSSR count). The lowest BCUT2D eigenvalue weighted by atomic mass is 10.2. The molecule has 0 amide bonds. The number of nitrogens with two attached hydrogens (primary N) is 1. The molecule has 18 heavy (non-hydrogen) atoms. The first-order valence-electron chi connectivity index (χ1n) is 5.95. The van der Waals surface area contributed by atoms with E-state index in [2.05, 4.69) is 27.7 Å². The van der Waals surface area contributed by atoms with Gasteiger partial charge in [0.05, 0.1) is 18.2 Å². The molecule has 96 valence electrons. The van der Waals surface area contributed by atoms with Gasteiger partial charge in [-0.3, -0.25) is 0 Å². The highest BCUT2D eigenvalue weighted by molar-refractivity contribution is 7.98. The van der Waals surface area contributed by atoms with Gasteiger partial charge in [-0.1, -0.05) is 0 Å². The molecule has 2 N–H and O–H groups in total. The third-order valence-corrected chi connectivity index (χ3v) is 3.61. The summed E-state index contributed by atoms with van der Waals surface area (Å²) in [5.74, 6) is 1.69. The first-order valence-corrected chi connectivity index (χ1v) is 7.34. The molecule has 5 heteroatoms. The molecule has 2 aromatic rings. The fraction of sp³-hybridized carbons (Fsp3) is 0.385. The number of pyridine rings is 1. The van der Waals surface area contributed by atoms with Crippen LogP contribution in [0.25, 0.3) is 11.3 Å². The largest absolute Gasteiger partial charge is 0.384 e. The number of imidazole rings is 1. The monoisotopic (exact) mass is 262 g/mol. The van der Waals surface area contributed by atoms with E-state index in [9.17, 15) is 0 Å². The number of anilines is 1. The average molecular weight is 262 g/mol. The minimum atomic E-state index is 0.438. The van der Waals surface area contributed by atoms with Crippen LogP contribution in [0.3, 0.4) is 0 Å². The molecule has 0 saturated carbocycles. The molecule has 4 nitrogen and oxygen atoms in total. The molecule has 2 aromatic heterocycles. The minimum Gasteiger partial charge on any atom is -0.384 e. The van der Waals surface area contributed by atoms with Crippen LogP contribution in [0.1, 0.15) is 19.4 Å². The van der Waals surface area contributed by atoms with Crippen LogP contribution in [0, 0.1) is 0 Å². The van der Waals surface area contributed by atoms with Gasteiger partial charge in [0, 0.05) is 17.8 Å². The molecule has 0 aromatic carbocycles. The zero-order chi connectivity index (χ0) is 13.0. The SMILES string of the molecule is CSCCC(C)n1cncc1-c1ccc(N)nc1. The lowest BCUT2D eigenvalue weighted by Gasteiger charge is -2.16. The highest BCUT2D eigenvalue weighted by atomic mass is 32.2. The fourth-order valence-corrected chi connectivity index (χ4v) is 2.44. The number of hydrogen-bond donors (Lipinski definition) is 1. The number of hydrogen-bond acceptors (Lipinski definition) is 4. The van der Waals surface area contributed by atoms with Crippen molar-refractivity contribution < 1.29 is 0 Å². The number of nitrogens with zero attached hydrogens (tertiary/aromatic N) is 3. The van der Waals surface area contributed by atoms with E-state index >= 15 is 0 Å². The normalized spacial score (nSPS) is 12.6. The Morgan fingerprint density at radius 2 is 2.22 bits per heavy atom. The third-order valence-electron chi connectivity index (χ3n) is 2.96. The van der Waals surface area contributed by atoms with E-state index < -0.39 is 0 Å². The molecular weight excluding hydrogens is 244 g/mol. The summed E-state index contributed by atoms with van der Waals surface area (Å²) in [4.78, 5) is 8.38. The van der Waals surface area contributed by atoms with Gasteiger partial charge in [0.25, 0.3) is 0 Å². The van der Waals surface area contributed by atoms with Crippen LogP contribution in [-0.2, 0) is 0 Å². The molecular formula is C13H18N4S. The van der Waals surface area contributed by atoms with Crippen LogP contribution in [0.4, 0.5) is 5.82 Å². The Labute approximate surface area is 112 Å². The van der Waals surface area contributed by atoms with Crippen molar-refractivity contribution in [3.05, 3.63) is 30.9 Å². The number of thioether (sulfide) groups is 1. The van der Waals surface area contributed by atoms with E-state index in [1.165, 1.54) is 0 Å². The summed E-state index contributed by atoms with van der Waals surface area (Å²) in [6.45, 7) is 2.21. The maximum atomic E-state index is 5.61. The van der Waals surface area contributed by atoms with Gasteiger partial charge in [0.2, 0.25) is 0 Å². The van der Waals surface area contributed by atoms with E-state index in [1.54, 1.807) is 6.20 Å². The molecule has 0 radical (unpaired) electrons. The van der Waals surface area contributed by atoms with Crippen molar-refractivity contribution in [3.63, 3.8) is 0 Å². The fourth-order valence-electron chi connectivity index (χ4n) is 1.86. The Hall–Kier alpha value is -1.49. The maximum Gasteiger partial charge on any atom is 0.123 e. The predicted octanol–water partition coefficient (Wildman–Crippen LogP) is 2.84. The van der Waals surface area contributed by atoms with E-state index in [-0.39, 0.29) is 0 Å². The summed E-state index contributed by atoms with van der Waals surface area (Å²) in [7, 11) is 0. The standard InChI is InChI=1S/C13H18N4S/c1-10(5-6-18-2)17-9-15-8-12(17)11-3-4-13(14)16-7-11/h3-4,7-10H,5-6H2,1-2H3,(H2,14,16). The Bertz CT molecular complexity index is 492. The first kappa shape index (κ1) is 13.0. The van der Waals surface area contributed by atoms with Crippen molar-refractivity contribution in [1.29, 1.82) is 0 Å². The highest BCUT2D eigenvalue weighted by Crippen LogP contribution is 2.24. The van der Waals surface area contributed by atoms with Crippen LogP contribution in [0.5, 0.6) is 0 Å². The van der Waals surface area contributed by atoms with Crippen molar-refractivity contribution in [2.24, 2.45) is 0 Å². The molecule has 0 spiro atoms. The predicted molar refractivity (Wildman–Crippen MR) is 77.6 cm³/mol. The van der Waals surface area contributed by atoms with E-state index in [0.29, 0.717) is 11.9 Å². The molecule has 0 aliphatic heterocycles. The van der Waals surface area contributed by atoms with Gasteiger partial charge in [-0.05, 0) is 37.5 Å². The first-order chi connectivity index (χ1) is 8.72. The van der Waals surface area contributed by atoms with E-state index in [0.717, 1.165) is 23.4 Å². The smallest absolute Gasteiger partial charge is 0.123 e.